The average Bonchev–Trinajstić information content (AvgIpc) is 2.40. The molecule has 0 spiro atoms. The van der Waals surface area contributed by atoms with Crippen LogP contribution in [0.15, 0.2) is 42.5 Å². The zero-order valence-corrected chi connectivity index (χ0v) is 9.31. The molecule has 3 rings (SSSR count). The molecule has 0 fully saturated rings. The summed E-state index contributed by atoms with van der Waals surface area (Å²) in [6.45, 7) is 1.08. The fourth-order valence-electron chi connectivity index (χ4n) is 2.05. The third-order valence-corrected chi connectivity index (χ3v) is 2.92. The van der Waals surface area contributed by atoms with Gasteiger partial charge in [-0.25, -0.2) is 0 Å². The van der Waals surface area contributed by atoms with Gasteiger partial charge in [-0.3, -0.25) is 9.78 Å². The molecule has 0 amide bonds. The summed E-state index contributed by atoms with van der Waals surface area (Å²) in [6.07, 6.45) is 0. The first kappa shape index (κ1) is 10.2. The van der Waals surface area contributed by atoms with Gasteiger partial charge in [0.2, 0.25) is 0 Å². The second-order valence-corrected chi connectivity index (χ2v) is 4.08. The van der Waals surface area contributed by atoms with E-state index in [0.29, 0.717) is 13.1 Å². The van der Waals surface area contributed by atoms with Crippen molar-refractivity contribution in [3.63, 3.8) is 0 Å². The second-order valence-electron chi connectivity index (χ2n) is 4.08. The Bertz CT molecular complexity index is 564. The van der Waals surface area contributed by atoms with Crippen molar-refractivity contribution in [3.8, 4) is 11.3 Å². The van der Waals surface area contributed by atoms with Gasteiger partial charge in [-0.15, -0.1) is 0 Å². The number of hydrogen-bond acceptors (Lipinski definition) is 3. The number of aromatic nitrogens is 1. The summed E-state index contributed by atoms with van der Waals surface area (Å²) in [7, 11) is 0. The van der Waals surface area contributed by atoms with Crippen LogP contribution in [0.2, 0.25) is 0 Å². The Hall–Kier alpha value is -2.00. The fourth-order valence-corrected chi connectivity index (χ4v) is 2.05. The zero-order valence-electron chi connectivity index (χ0n) is 9.31. The van der Waals surface area contributed by atoms with Gasteiger partial charge in [-0.2, -0.15) is 0 Å². The van der Waals surface area contributed by atoms with Crippen molar-refractivity contribution in [3.05, 3.63) is 53.7 Å². The first-order valence-electron chi connectivity index (χ1n) is 5.64. The van der Waals surface area contributed by atoms with Crippen LogP contribution >= 0.6 is 0 Å². The van der Waals surface area contributed by atoms with Crippen molar-refractivity contribution in [1.29, 1.82) is 0 Å². The molecular weight excluding hydrogens is 212 g/mol. The van der Waals surface area contributed by atoms with E-state index in [2.05, 4.69) is 10.3 Å². The largest absolute Gasteiger partial charge is 0.304 e. The van der Waals surface area contributed by atoms with Gasteiger partial charge in [0.1, 0.15) is 0 Å². The van der Waals surface area contributed by atoms with Crippen LogP contribution in [0.5, 0.6) is 0 Å². The maximum Gasteiger partial charge on any atom is 0.178 e. The average molecular weight is 224 g/mol. The lowest BCUT2D eigenvalue weighted by Gasteiger charge is -2.15. The van der Waals surface area contributed by atoms with E-state index in [0.717, 1.165) is 22.5 Å². The summed E-state index contributed by atoms with van der Waals surface area (Å²) in [5, 5.41) is 3.06. The van der Waals surface area contributed by atoms with Crippen LogP contribution in [0.4, 0.5) is 0 Å². The highest BCUT2D eigenvalue weighted by Gasteiger charge is 2.18. The Labute approximate surface area is 99.5 Å². The van der Waals surface area contributed by atoms with Crippen LogP contribution in [0.1, 0.15) is 16.1 Å². The van der Waals surface area contributed by atoms with Gasteiger partial charge in [0.25, 0.3) is 0 Å². The third-order valence-electron chi connectivity index (χ3n) is 2.92. The minimum atomic E-state index is 0.123. The first-order chi connectivity index (χ1) is 8.34. The van der Waals surface area contributed by atoms with Crippen LogP contribution in [0.25, 0.3) is 11.3 Å². The second kappa shape index (κ2) is 4.11. The van der Waals surface area contributed by atoms with Gasteiger partial charge < -0.3 is 5.32 Å². The van der Waals surface area contributed by atoms with E-state index >= 15 is 0 Å². The predicted octanol–water partition coefficient (Wildman–Crippen LogP) is 2.03. The normalized spacial score (nSPS) is 14.5. The molecule has 17 heavy (non-hydrogen) atoms. The number of fused-ring (bicyclic) bond motifs is 1. The molecule has 1 aromatic carbocycles. The topological polar surface area (TPSA) is 42.0 Å². The number of rotatable bonds is 1. The molecule has 0 unspecified atom stereocenters. The zero-order chi connectivity index (χ0) is 11.7. The molecule has 3 nitrogen and oxygen atoms in total. The number of benzene rings is 1. The summed E-state index contributed by atoms with van der Waals surface area (Å²) in [6, 6.07) is 13.8. The lowest BCUT2D eigenvalue weighted by Crippen LogP contribution is -2.30. The molecule has 1 aromatic heterocycles. The van der Waals surface area contributed by atoms with E-state index in [-0.39, 0.29) is 5.78 Å². The minimum absolute atomic E-state index is 0.123. The Morgan fingerprint density at radius 1 is 1.00 bits per heavy atom. The van der Waals surface area contributed by atoms with Crippen molar-refractivity contribution >= 4 is 5.78 Å². The molecule has 0 saturated heterocycles. The molecular formula is C14H12N2O. The molecule has 2 aromatic rings. The molecule has 0 radical (unpaired) electrons. The molecule has 0 aliphatic carbocycles. The third kappa shape index (κ3) is 1.85. The molecule has 1 N–H and O–H groups in total. The van der Waals surface area contributed by atoms with E-state index in [1.807, 2.05) is 42.5 Å². The van der Waals surface area contributed by atoms with E-state index < -0.39 is 0 Å². The number of hydrogen-bond donors (Lipinski definition) is 1. The molecule has 1 aliphatic heterocycles. The maximum absolute atomic E-state index is 11.6. The minimum Gasteiger partial charge on any atom is -0.304 e. The van der Waals surface area contributed by atoms with Crippen molar-refractivity contribution < 1.29 is 4.79 Å². The van der Waals surface area contributed by atoms with E-state index in [1.54, 1.807) is 0 Å². The number of ketones is 1. The van der Waals surface area contributed by atoms with Gasteiger partial charge in [0.05, 0.1) is 17.9 Å². The highest BCUT2D eigenvalue weighted by atomic mass is 16.1. The Morgan fingerprint density at radius 2 is 1.82 bits per heavy atom. The molecule has 1 aliphatic rings. The van der Waals surface area contributed by atoms with Gasteiger partial charge >= 0.3 is 0 Å². The highest BCUT2D eigenvalue weighted by Crippen LogP contribution is 2.20. The molecule has 0 saturated carbocycles. The van der Waals surface area contributed by atoms with Crippen LogP contribution < -0.4 is 5.32 Å². The van der Waals surface area contributed by atoms with E-state index in [9.17, 15) is 4.79 Å². The smallest absolute Gasteiger partial charge is 0.178 e. The standard InChI is InChI=1S/C14H12N2O/c17-14-9-15-8-13-11(14)6-7-12(16-13)10-4-2-1-3-5-10/h1-7,15H,8-9H2. The van der Waals surface area contributed by atoms with E-state index in [4.69, 9.17) is 0 Å². The number of Topliss-reactive ketones (excluding diaryl/α,β-unsaturated/α-hetero) is 1. The Kier molecular flexibility index (Phi) is 2.46. The van der Waals surface area contributed by atoms with Gasteiger partial charge in [-0.1, -0.05) is 30.3 Å². The molecule has 0 atom stereocenters. The van der Waals surface area contributed by atoms with Crippen LogP contribution in [-0.2, 0) is 6.54 Å². The van der Waals surface area contributed by atoms with Crippen LogP contribution in [0.3, 0.4) is 0 Å². The highest BCUT2D eigenvalue weighted by molar-refractivity contribution is 5.99. The lowest BCUT2D eigenvalue weighted by molar-refractivity contribution is 0.0981. The summed E-state index contributed by atoms with van der Waals surface area (Å²) in [5.41, 5.74) is 3.60. The van der Waals surface area contributed by atoms with E-state index in [1.165, 1.54) is 0 Å². The Morgan fingerprint density at radius 3 is 2.65 bits per heavy atom. The van der Waals surface area contributed by atoms with Crippen molar-refractivity contribution in [2.75, 3.05) is 6.54 Å². The Balaban J connectivity index is 2.07. The first-order valence-corrected chi connectivity index (χ1v) is 5.64. The summed E-state index contributed by atoms with van der Waals surface area (Å²) in [4.78, 5) is 16.2. The number of carbonyl (C=O) groups is 1. The monoisotopic (exact) mass is 224 g/mol. The van der Waals surface area contributed by atoms with Gasteiger partial charge in [0.15, 0.2) is 5.78 Å². The molecule has 84 valence electrons. The number of pyridine rings is 1. The van der Waals surface area contributed by atoms with Crippen LogP contribution in [-0.4, -0.2) is 17.3 Å². The quantitative estimate of drug-likeness (QED) is 0.806. The number of nitrogens with zero attached hydrogens (tertiary/aromatic N) is 1. The molecule has 0 bridgehead atoms. The fraction of sp³-hybridized carbons (Fsp3) is 0.143. The summed E-state index contributed by atoms with van der Waals surface area (Å²) in [5.74, 6) is 0.123. The summed E-state index contributed by atoms with van der Waals surface area (Å²) < 4.78 is 0. The van der Waals surface area contributed by atoms with Crippen LogP contribution in [0, 0.1) is 0 Å². The van der Waals surface area contributed by atoms with Crippen molar-refractivity contribution in [1.82, 2.24) is 10.3 Å². The van der Waals surface area contributed by atoms with Crippen molar-refractivity contribution in [2.45, 2.75) is 6.54 Å². The predicted molar refractivity (Wildman–Crippen MR) is 65.7 cm³/mol. The van der Waals surface area contributed by atoms with Gasteiger partial charge in [-0.05, 0) is 12.1 Å². The number of nitrogens with one attached hydrogen (secondary N) is 1. The SMILES string of the molecule is O=C1CNCc2nc(-c3ccccc3)ccc21. The lowest BCUT2D eigenvalue weighted by atomic mass is 10.0. The van der Waals surface area contributed by atoms with Crippen molar-refractivity contribution in [2.24, 2.45) is 0 Å². The molecule has 3 heteroatoms. The van der Waals surface area contributed by atoms with Gasteiger partial charge in [0, 0.05) is 17.7 Å². The maximum atomic E-state index is 11.6. The summed E-state index contributed by atoms with van der Waals surface area (Å²) >= 11 is 0. The molecule has 2 heterocycles. The number of carbonyl (C=O) groups excluding carboxylic acids is 1.